The monoisotopic (exact) mass is 1510 g/mol. The maximum Gasteiger partial charge on any atom is 0.412 e. The molecule has 540 valence electrons. The Kier molecular flexibility index (Phi) is 24.5. The molecule has 8 N–H and O–H groups in total. The summed E-state index contributed by atoms with van der Waals surface area (Å²) in [5.41, 5.74) is 16.1. The van der Waals surface area contributed by atoms with Crippen LogP contribution in [-0.4, -0.2) is 182 Å². The lowest BCUT2D eigenvalue weighted by molar-refractivity contribution is -0.140. The SMILES string of the molecule is CN(C)C(=O)C1(c2ccc(Br)cc2)CC1.CN(C)C(=O)C1(c2ccc(N)cc2)CC1.CN(C)C(=O)C1(c2ccc(NC(=O)OC(C)(C)C)cc2)CC1.CN(C)C(=O)N[C@@H]1CCCN(c2cnc(C(N)=O)c(Nc3ccc(C4(C(=O)N(C)C)CC4)cc3)n2)C1.O=C(O)C1(c2ccc(Br)cc2)CC1. The molecule has 0 bridgehead atoms. The lowest BCUT2D eigenvalue weighted by Gasteiger charge is -2.34. The van der Waals surface area contributed by atoms with Gasteiger partial charge in [0.05, 0.1) is 33.3 Å². The predicted molar refractivity (Wildman–Crippen MR) is 400 cm³/mol. The van der Waals surface area contributed by atoms with E-state index < -0.39 is 34.4 Å². The molecular formula is C76H97Br2N13O10. The molecular weight excluding hydrogens is 1410 g/mol. The number of hydrogen-bond donors (Lipinski definition) is 6. The third-order valence-electron chi connectivity index (χ3n) is 18.9. The van der Waals surface area contributed by atoms with Gasteiger partial charge in [0.2, 0.25) is 23.6 Å². The van der Waals surface area contributed by atoms with E-state index in [-0.39, 0.29) is 63.5 Å². The number of ether oxygens (including phenoxy) is 1. The van der Waals surface area contributed by atoms with Crippen LogP contribution in [0.2, 0.25) is 0 Å². The second-order valence-corrected chi connectivity index (χ2v) is 30.8. The van der Waals surface area contributed by atoms with Gasteiger partial charge < -0.3 is 61.3 Å². The summed E-state index contributed by atoms with van der Waals surface area (Å²) in [6, 6.07) is 38.1. The number of benzene rings is 5. The summed E-state index contributed by atoms with van der Waals surface area (Å²) >= 11 is 6.73. The van der Waals surface area contributed by atoms with Crippen molar-refractivity contribution in [2.75, 3.05) is 105 Å². The highest BCUT2D eigenvalue weighted by Gasteiger charge is 2.55. The number of primary amides is 1. The molecule has 1 aromatic heterocycles. The van der Waals surface area contributed by atoms with Crippen LogP contribution >= 0.6 is 31.9 Å². The van der Waals surface area contributed by atoms with Crippen LogP contribution in [0.1, 0.15) is 136 Å². The third-order valence-corrected chi connectivity index (χ3v) is 20.0. The second-order valence-electron chi connectivity index (χ2n) is 29.0. The van der Waals surface area contributed by atoms with Gasteiger partial charge in [0, 0.05) is 116 Å². The van der Waals surface area contributed by atoms with E-state index in [0.717, 1.165) is 126 Å². The Morgan fingerprint density at radius 2 is 0.891 bits per heavy atom. The Hall–Kier alpha value is -9.10. The molecule has 1 aliphatic heterocycles. The van der Waals surface area contributed by atoms with E-state index in [9.17, 15) is 38.4 Å². The van der Waals surface area contributed by atoms with Crippen LogP contribution < -0.4 is 32.3 Å². The summed E-state index contributed by atoms with van der Waals surface area (Å²) in [7, 11) is 17.8. The average molecular weight is 1510 g/mol. The maximum absolute atomic E-state index is 12.6. The molecule has 0 spiro atoms. The van der Waals surface area contributed by atoms with Gasteiger partial charge >= 0.3 is 18.1 Å². The van der Waals surface area contributed by atoms with Crippen LogP contribution in [0.15, 0.2) is 136 Å². The standard InChI is InChI=1S/C25H34N8O3.C17H24N2O3.C12H14BrNO.C12H16N2O.C10H9BrO2/c1-31(2)23(35)25(11-12-25)16-7-9-17(10-8-16)28-22-20(21(26)34)27-14-19(30-22)33-13-5-6-18(15-33)29-24(36)32(3)4;1-16(2,3)22-15(21)18-13-8-6-12(7-9-13)17(10-11-17)14(20)19(4)5;2*1-14(2)11(15)12(7-8-12)9-3-5-10(13)6-4-9;11-8-3-1-7(2-4-8)10(5-6-10)9(12)13/h7-10,14,18H,5-6,11-13,15H2,1-4H3,(H2,26,34)(H,28,30)(H,29,36);6-9H,10-11H2,1-5H3,(H,18,21);3-6H,7-8H2,1-2H3;3-6H,7-8,13H2,1-2H3;1-4H,5-6H2,(H,12,13)/t18-;;;;/m1..../s1. The molecule has 5 aliphatic carbocycles. The summed E-state index contributed by atoms with van der Waals surface area (Å²) in [5.74, 6) is 0.150. The number of piperidine rings is 1. The normalized spacial score (nSPS) is 17.4. The molecule has 101 heavy (non-hydrogen) atoms. The zero-order valence-electron chi connectivity index (χ0n) is 60.2. The van der Waals surface area contributed by atoms with Gasteiger partial charge in [-0.1, -0.05) is 92.5 Å². The molecule has 1 saturated heterocycles. The summed E-state index contributed by atoms with van der Waals surface area (Å²) in [4.78, 5) is 115. The molecule has 6 aromatic rings. The van der Waals surface area contributed by atoms with Crippen molar-refractivity contribution in [2.24, 2.45) is 5.73 Å². The van der Waals surface area contributed by atoms with Crippen LogP contribution in [0.4, 0.5) is 38.3 Å². The number of carbonyl (C=O) groups is 8. The topological polar surface area (TPSA) is 299 Å². The molecule has 12 rings (SSSR count). The van der Waals surface area contributed by atoms with Crippen molar-refractivity contribution in [1.82, 2.24) is 39.8 Å². The summed E-state index contributed by atoms with van der Waals surface area (Å²) in [6.45, 7) is 6.80. The number of nitrogens with one attached hydrogen (secondary N) is 3. The molecule has 8 amide bonds. The quantitative estimate of drug-likeness (QED) is 0.0491. The van der Waals surface area contributed by atoms with Crippen molar-refractivity contribution in [1.29, 1.82) is 0 Å². The molecule has 0 unspecified atom stereocenters. The van der Waals surface area contributed by atoms with E-state index in [1.54, 1.807) is 76.0 Å². The number of hydrogen-bond acceptors (Lipinski definition) is 14. The number of anilines is 5. The largest absolute Gasteiger partial charge is 0.481 e. The van der Waals surface area contributed by atoms with E-state index in [4.69, 9.17) is 21.3 Å². The number of carboxylic acids is 1. The summed E-state index contributed by atoms with van der Waals surface area (Å²) in [6.07, 6.45) is 11.6. The van der Waals surface area contributed by atoms with E-state index in [2.05, 4.69) is 57.8 Å². The number of aliphatic carboxylic acids is 1. The smallest absolute Gasteiger partial charge is 0.412 e. The fourth-order valence-corrected chi connectivity index (χ4v) is 13.0. The highest BCUT2D eigenvalue weighted by Crippen LogP contribution is 2.53. The number of nitrogen functional groups attached to an aromatic ring is 1. The minimum atomic E-state index is -0.699. The first-order valence-electron chi connectivity index (χ1n) is 33.9. The third kappa shape index (κ3) is 19.1. The van der Waals surface area contributed by atoms with Crippen molar-refractivity contribution in [3.63, 3.8) is 0 Å². The number of amides is 8. The molecule has 2 heterocycles. The highest BCUT2D eigenvalue weighted by atomic mass is 79.9. The maximum atomic E-state index is 12.6. The number of halogens is 2. The molecule has 6 fully saturated rings. The van der Waals surface area contributed by atoms with E-state index in [1.807, 2.05) is 161 Å². The van der Waals surface area contributed by atoms with Crippen LogP contribution in [0, 0.1) is 0 Å². The molecule has 6 aliphatic rings. The van der Waals surface area contributed by atoms with Crippen LogP contribution in [0.25, 0.3) is 0 Å². The number of aromatic nitrogens is 2. The number of urea groups is 1. The fraction of sp³-hybridized carbons (Fsp3) is 0.447. The van der Waals surface area contributed by atoms with E-state index in [1.165, 1.54) is 11.1 Å². The van der Waals surface area contributed by atoms with Gasteiger partial charge in [-0.3, -0.25) is 34.1 Å². The number of nitrogens with zero attached hydrogens (tertiary/aromatic N) is 8. The summed E-state index contributed by atoms with van der Waals surface area (Å²) in [5, 5.41) is 17.9. The van der Waals surface area contributed by atoms with E-state index >= 15 is 0 Å². The predicted octanol–water partition coefficient (Wildman–Crippen LogP) is 11.4. The van der Waals surface area contributed by atoms with Gasteiger partial charge in [-0.25, -0.2) is 19.6 Å². The first-order chi connectivity index (χ1) is 47.5. The Labute approximate surface area is 609 Å². The fourth-order valence-electron chi connectivity index (χ4n) is 12.5. The van der Waals surface area contributed by atoms with Crippen molar-refractivity contribution >= 4 is 108 Å². The number of nitrogens with two attached hydrogens (primary N) is 2. The van der Waals surface area contributed by atoms with Crippen LogP contribution in [0.3, 0.4) is 0 Å². The molecule has 5 aromatic carbocycles. The van der Waals surface area contributed by atoms with Crippen molar-refractivity contribution in [2.45, 2.75) is 137 Å². The van der Waals surface area contributed by atoms with Gasteiger partial charge in [0.1, 0.15) is 11.4 Å². The zero-order valence-corrected chi connectivity index (χ0v) is 63.4. The summed E-state index contributed by atoms with van der Waals surface area (Å²) < 4.78 is 7.25. The van der Waals surface area contributed by atoms with Gasteiger partial charge in [-0.15, -0.1) is 0 Å². The minimum absolute atomic E-state index is 0.0187. The van der Waals surface area contributed by atoms with Crippen LogP contribution in [-0.2, 0) is 55.8 Å². The van der Waals surface area contributed by atoms with Crippen molar-refractivity contribution in [3.05, 3.63) is 170 Å². The van der Waals surface area contributed by atoms with E-state index in [0.29, 0.717) is 23.7 Å². The van der Waals surface area contributed by atoms with Gasteiger partial charge in [0.25, 0.3) is 5.91 Å². The number of rotatable bonds is 16. The Balaban J connectivity index is 0.000000171. The highest BCUT2D eigenvalue weighted by molar-refractivity contribution is 9.10. The zero-order chi connectivity index (χ0) is 74.2. The van der Waals surface area contributed by atoms with Gasteiger partial charge in [-0.05, 0) is 186 Å². The Bertz CT molecular complexity index is 3880. The van der Waals surface area contributed by atoms with Gasteiger partial charge in [0.15, 0.2) is 11.5 Å². The molecule has 23 nitrogen and oxygen atoms in total. The molecule has 0 radical (unpaired) electrons. The Morgan fingerprint density at radius 3 is 1.23 bits per heavy atom. The van der Waals surface area contributed by atoms with Crippen molar-refractivity contribution in [3.8, 4) is 0 Å². The molecule has 5 saturated carbocycles. The van der Waals surface area contributed by atoms with Crippen molar-refractivity contribution < 1.29 is 48.2 Å². The number of likely N-dealkylation sites (N-methyl/N-ethyl adjacent to an activating group) is 4. The first-order valence-corrected chi connectivity index (χ1v) is 35.5. The second kappa shape index (κ2) is 31.8. The first kappa shape index (κ1) is 77.6. The molecule has 1 atom stereocenters. The average Bonchev–Trinajstić information content (AvgIpc) is 1.62. The lowest BCUT2D eigenvalue weighted by atomic mass is 9.94. The lowest BCUT2D eigenvalue weighted by Crippen LogP contribution is -2.50. The Morgan fingerprint density at radius 1 is 0.535 bits per heavy atom. The number of carbonyl (C=O) groups excluding carboxylic acids is 7. The van der Waals surface area contributed by atoms with Gasteiger partial charge in [-0.2, -0.15) is 0 Å². The molecule has 25 heteroatoms. The number of carboxylic acid groups (broad SMARTS) is 1. The van der Waals surface area contributed by atoms with Crippen LogP contribution in [0.5, 0.6) is 0 Å². The minimum Gasteiger partial charge on any atom is -0.481 e.